The average Bonchev–Trinajstić information content (AvgIpc) is 2.84. The fraction of sp³-hybridized carbons (Fsp3) is 0.867. The van der Waals surface area contributed by atoms with E-state index in [2.05, 4.69) is 22.9 Å². The fourth-order valence-electron chi connectivity index (χ4n) is 2.59. The Morgan fingerprint density at radius 3 is 2.38 bits per heavy atom. The third kappa shape index (κ3) is 9.78. The van der Waals surface area contributed by atoms with Crippen molar-refractivity contribution in [3.63, 3.8) is 0 Å². The van der Waals surface area contributed by atoms with Gasteiger partial charge in [-0.1, -0.05) is 67.4 Å². The fourth-order valence-corrected chi connectivity index (χ4v) is 4.87. The van der Waals surface area contributed by atoms with Gasteiger partial charge < -0.3 is 16.0 Å². The predicted molar refractivity (Wildman–Crippen MR) is 112 cm³/mol. The van der Waals surface area contributed by atoms with Gasteiger partial charge >= 0.3 is 0 Å². The van der Waals surface area contributed by atoms with Gasteiger partial charge in [0.25, 0.3) is 0 Å². The van der Waals surface area contributed by atoms with Crippen molar-refractivity contribution in [2.75, 3.05) is 11.5 Å². The molecule has 0 bridgehead atoms. The smallest absolute Gasteiger partial charge is 0.228 e. The van der Waals surface area contributed by atoms with Crippen LogP contribution in [0.15, 0.2) is 0 Å². The molecule has 1 saturated heterocycles. The van der Waals surface area contributed by atoms with Gasteiger partial charge in [0, 0.05) is 12.5 Å². The van der Waals surface area contributed by atoms with Crippen molar-refractivity contribution in [2.45, 2.75) is 67.9 Å². The van der Waals surface area contributed by atoms with Crippen molar-refractivity contribution >= 4 is 67.9 Å². The van der Waals surface area contributed by atoms with E-state index in [1.54, 1.807) is 0 Å². The van der Waals surface area contributed by atoms with Crippen LogP contribution >= 0.6 is 47.0 Å². The summed E-state index contributed by atoms with van der Waals surface area (Å²) in [6.07, 6.45) is 4.90. The summed E-state index contributed by atoms with van der Waals surface area (Å²) < 4.78 is 21.2. The molecule has 0 spiro atoms. The highest BCUT2D eigenvalue weighted by Gasteiger charge is 2.35. The van der Waals surface area contributed by atoms with E-state index in [9.17, 15) is 13.2 Å². The van der Waals surface area contributed by atoms with Gasteiger partial charge in [-0.3, -0.25) is 4.79 Å². The van der Waals surface area contributed by atoms with Crippen molar-refractivity contribution in [2.24, 2.45) is 0 Å². The summed E-state index contributed by atoms with van der Waals surface area (Å²) in [5, 5.41) is 8.40. The molecule has 1 amide bonds. The highest BCUT2D eigenvalue weighted by Crippen LogP contribution is 2.29. The molecule has 0 saturated carbocycles. The molecule has 1 aliphatic rings. The number of amides is 1. The monoisotopic (exact) mass is 465 g/mol. The standard InChI is InChI=1S/C15H26Cl3N3O3S2/c1-2-3-4-5-6-7-12(22)20-13(15(16,17)18)21-14(25)19-11-8-9-26(23,24)10-11/h11,13H,2-10H2,1H3,(H,20,22)(H2,19,21,25). The molecule has 6 nitrogen and oxygen atoms in total. The van der Waals surface area contributed by atoms with Crippen molar-refractivity contribution < 1.29 is 13.2 Å². The summed E-state index contributed by atoms with van der Waals surface area (Å²) >= 11 is 22.9. The van der Waals surface area contributed by atoms with Crippen LogP contribution in [-0.4, -0.2) is 46.9 Å². The van der Waals surface area contributed by atoms with E-state index in [1.165, 1.54) is 0 Å². The summed E-state index contributed by atoms with van der Waals surface area (Å²) in [5.74, 6) is -0.107. The van der Waals surface area contributed by atoms with Gasteiger partial charge in [0.15, 0.2) is 14.9 Å². The number of sulfone groups is 1. The second kappa shape index (κ2) is 11.1. The first-order chi connectivity index (χ1) is 12.0. The van der Waals surface area contributed by atoms with Crippen LogP contribution in [0.2, 0.25) is 0 Å². The molecule has 0 aliphatic carbocycles. The van der Waals surface area contributed by atoms with Crippen molar-refractivity contribution in [3.8, 4) is 0 Å². The first-order valence-corrected chi connectivity index (χ1v) is 12.0. The maximum Gasteiger partial charge on any atom is 0.228 e. The number of halogens is 3. The summed E-state index contributed by atoms with van der Waals surface area (Å²) in [6, 6.07) is -0.287. The summed E-state index contributed by atoms with van der Waals surface area (Å²) in [7, 11) is -3.03. The van der Waals surface area contributed by atoms with E-state index in [0.29, 0.717) is 12.8 Å². The van der Waals surface area contributed by atoms with Crippen LogP contribution in [0.5, 0.6) is 0 Å². The van der Waals surface area contributed by atoms with Crippen molar-refractivity contribution in [3.05, 3.63) is 0 Å². The van der Waals surface area contributed by atoms with Crippen LogP contribution < -0.4 is 16.0 Å². The minimum Gasteiger partial charge on any atom is -0.359 e. The van der Waals surface area contributed by atoms with E-state index in [0.717, 1.165) is 32.1 Å². The van der Waals surface area contributed by atoms with Gasteiger partial charge in [0.05, 0.1) is 11.5 Å². The molecule has 3 N–H and O–H groups in total. The van der Waals surface area contributed by atoms with E-state index in [-0.39, 0.29) is 28.6 Å². The average molecular weight is 467 g/mol. The zero-order chi connectivity index (χ0) is 19.8. The highest BCUT2D eigenvalue weighted by atomic mass is 35.6. The predicted octanol–water partition coefficient (Wildman–Crippen LogP) is 2.81. The minimum absolute atomic E-state index is 0.0113. The number of hydrogen-bond donors (Lipinski definition) is 3. The SMILES string of the molecule is CCCCCCCC(=O)NC(NC(=S)NC1CCS(=O)(=O)C1)C(Cl)(Cl)Cl. The molecule has 1 aliphatic heterocycles. The normalized spacial score (nSPS) is 20.4. The van der Waals surface area contributed by atoms with Crippen LogP contribution in [0, 0.1) is 0 Å². The van der Waals surface area contributed by atoms with E-state index in [1.807, 2.05) is 0 Å². The van der Waals surface area contributed by atoms with Gasteiger partial charge in [0.1, 0.15) is 6.17 Å². The Balaban J connectivity index is 2.46. The second-order valence-corrected chi connectivity index (χ2v) is 11.4. The van der Waals surface area contributed by atoms with Gasteiger partial charge in [-0.25, -0.2) is 8.42 Å². The lowest BCUT2D eigenvalue weighted by Gasteiger charge is -2.28. The quantitative estimate of drug-likeness (QED) is 0.210. The summed E-state index contributed by atoms with van der Waals surface area (Å²) in [6.45, 7) is 2.13. The zero-order valence-electron chi connectivity index (χ0n) is 14.7. The Labute approximate surface area is 176 Å². The van der Waals surface area contributed by atoms with E-state index < -0.39 is 19.8 Å². The Morgan fingerprint density at radius 1 is 1.19 bits per heavy atom. The van der Waals surface area contributed by atoms with Crippen LogP contribution in [0.3, 0.4) is 0 Å². The molecule has 26 heavy (non-hydrogen) atoms. The number of thiocarbonyl (C=S) groups is 1. The zero-order valence-corrected chi connectivity index (χ0v) is 18.6. The van der Waals surface area contributed by atoms with E-state index in [4.69, 9.17) is 47.0 Å². The van der Waals surface area contributed by atoms with Crippen LogP contribution in [0.25, 0.3) is 0 Å². The lowest BCUT2D eigenvalue weighted by molar-refractivity contribution is -0.122. The van der Waals surface area contributed by atoms with E-state index >= 15 is 0 Å². The van der Waals surface area contributed by atoms with Gasteiger partial charge in [-0.2, -0.15) is 0 Å². The molecule has 1 heterocycles. The molecule has 1 fully saturated rings. The number of alkyl halides is 3. The molecule has 2 atom stereocenters. The molecule has 2 unspecified atom stereocenters. The first kappa shape index (κ1) is 24.0. The van der Waals surface area contributed by atoms with Gasteiger partial charge in [-0.05, 0) is 25.1 Å². The molecule has 0 aromatic heterocycles. The number of carbonyl (C=O) groups excluding carboxylic acids is 1. The number of unbranched alkanes of at least 4 members (excludes halogenated alkanes) is 4. The van der Waals surface area contributed by atoms with Gasteiger partial charge in [0.2, 0.25) is 9.70 Å². The number of hydrogen-bond acceptors (Lipinski definition) is 4. The number of carbonyl (C=O) groups is 1. The first-order valence-electron chi connectivity index (χ1n) is 8.67. The third-order valence-corrected chi connectivity index (χ3v) is 6.64. The molecular weight excluding hydrogens is 441 g/mol. The van der Waals surface area contributed by atoms with Gasteiger partial charge in [-0.15, -0.1) is 0 Å². The lowest BCUT2D eigenvalue weighted by atomic mass is 10.1. The maximum absolute atomic E-state index is 12.1. The maximum atomic E-state index is 12.1. The van der Waals surface area contributed by atoms with Crippen molar-refractivity contribution in [1.82, 2.24) is 16.0 Å². The topological polar surface area (TPSA) is 87.3 Å². The van der Waals surface area contributed by atoms with Crippen LogP contribution in [0.1, 0.15) is 51.9 Å². The molecule has 0 aromatic carbocycles. The van der Waals surface area contributed by atoms with Crippen LogP contribution in [0.4, 0.5) is 0 Å². The third-order valence-electron chi connectivity index (χ3n) is 3.98. The molecule has 11 heteroatoms. The Hall–Kier alpha value is -0.0200. The largest absolute Gasteiger partial charge is 0.359 e. The lowest BCUT2D eigenvalue weighted by Crippen LogP contribution is -2.58. The highest BCUT2D eigenvalue weighted by molar-refractivity contribution is 7.91. The molecule has 0 radical (unpaired) electrons. The number of nitrogens with one attached hydrogen (secondary N) is 3. The molecule has 0 aromatic rings. The van der Waals surface area contributed by atoms with Crippen LogP contribution in [-0.2, 0) is 14.6 Å². The van der Waals surface area contributed by atoms with Crippen molar-refractivity contribution in [1.29, 1.82) is 0 Å². The molecular formula is C15H26Cl3N3O3S2. The summed E-state index contributed by atoms with van der Waals surface area (Å²) in [4.78, 5) is 12.1. The Kier molecular flexibility index (Phi) is 10.3. The Bertz CT molecular complexity index is 582. The summed E-state index contributed by atoms with van der Waals surface area (Å²) in [5.41, 5.74) is 0. The number of rotatable bonds is 9. The minimum atomic E-state index is -3.03. The molecule has 152 valence electrons. The molecule has 1 rings (SSSR count). The Morgan fingerprint density at radius 2 is 1.85 bits per heavy atom. The second-order valence-electron chi connectivity index (χ2n) is 6.42.